The first-order valence-corrected chi connectivity index (χ1v) is 5.41. The van der Waals surface area contributed by atoms with Gasteiger partial charge in [-0.15, -0.1) is 0 Å². The third-order valence-electron chi connectivity index (χ3n) is 3.29. The normalized spacial score (nSPS) is 21.0. The average molecular weight is 169 g/mol. The van der Waals surface area contributed by atoms with E-state index in [1.807, 2.05) is 0 Å². The lowest BCUT2D eigenvalue weighted by atomic mass is 9.80. The molecule has 1 aliphatic carbocycles. The predicted octanol–water partition coefficient (Wildman–Crippen LogP) is 2.81. The first kappa shape index (κ1) is 10.0. The van der Waals surface area contributed by atoms with Crippen LogP contribution in [-0.4, -0.2) is 13.1 Å². The fraction of sp³-hybridized carbons (Fsp3) is 1.00. The summed E-state index contributed by atoms with van der Waals surface area (Å²) in [5.74, 6) is 1.86. The van der Waals surface area contributed by atoms with Crippen LogP contribution < -0.4 is 5.32 Å². The first-order valence-electron chi connectivity index (χ1n) is 5.41. The summed E-state index contributed by atoms with van der Waals surface area (Å²) < 4.78 is 0. The molecular formula is C11H23N. The molecule has 0 radical (unpaired) electrons. The van der Waals surface area contributed by atoms with Crippen molar-refractivity contribution in [2.24, 2.45) is 11.8 Å². The van der Waals surface area contributed by atoms with E-state index in [0.29, 0.717) is 0 Å². The first-order chi connectivity index (χ1) is 5.74. The highest BCUT2D eigenvalue weighted by molar-refractivity contribution is 4.74. The zero-order valence-electron chi connectivity index (χ0n) is 8.77. The van der Waals surface area contributed by atoms with Gasteiger partial charge in [0.25, 0.3) is 0 Å². The highest BCUT2D eigenvalue weighted by Gasteiger charge is 2.19. The molecule has 1 rings (SSSR count). The van der Waals surface area contributed by atoms with Gasteiger partial charge in [0, 0.05) is 6.04 Å². The van der Waals surface area contributed by atoms with Crippen molar-refractivity contribution >= 4 is 0 Å². The largest absolute Gasteiger partial charge is 0.317 e. The Bertz CT molecular complexity index is 116. The van der Waals surface area contributed by atoms with Crippen LogP contribution in [0.15, 0.2) is 0 Å². The average Bonchev–Trinajstić information content (AvgIpc) is 1.93. The number of hydrogen-bond acceptors (Lipinski definition) is 1. The van der Waals surface area contributed by atoms with Gasteiger partial charge in [0.1, 0.15) is 0 Å². The summed E-state index contributed by atoms with van der Waals surface area (Å²) in [5.41, 5.74) is 0. The maximum absolute atomic E-state index is 3.41. The molecule has 1 aliphatic rings. The highest BCUT2D eigenvalue weighted by Crippen LogP contribution is 2.31. The van der Waals surface area contributed by atoms with E-state index in [2.05, 4.69) is 26.2 Å². The Morgan fingerprint density at radius 2 is 2.00 bits per heavy atom. The minimum absolute atomic E-state index is 0.741. The SMILES string of the molecule is CNC(CCC1CCC1)C(C)C. The topological polar surface area (TPSA) is 12.0 Å². The van der Waals surface area contributed by atoms with Crippen molar-refractivity contribution in [1.29, 1.82) is 0 Å². The van der Waals surface area contributed by atoms with Crippen LogP contribution in [0.2, 0.25) is 0 Å². The van der Waals surface area contributed by atoms with Gasteiger partial charge in [-0.1, -0.05) is 33.1 Å². The molecule has 1 unspecified atom stereocenters. The van der Waals surface area contributed by atoms with Crippen LogP contribution in [0.5, 0.6) is 0 Å². The fourth-order valence-electron chi connectivity index (χ4n) is 2.01. The van der Waals surface area contributed by atoms with Gasteiger partial charge in [-0.05, 0) is 31.7 Å². The van der Waals surface area contributed by atoms with E-state index in [1.54, 1.807) is 0 Å². The molecule has 0 bridgehead atoms. The lowest BCUT2D eigenvalue weighted by Crippen LogP contribution is -2.31. The molecule has 1 fully saturated rings. The molecule has 0 aromatic carbocycles. The Hall–Kier alpha value is -0.0400. The minimum Gasteiger partial charge on any atom is -0.317 e. The maximum atomic E-state index is 3.41. The monoisotopic (exact) mass is 169 g/mol. The lowest BCUT2D eigenvalue weighted by molar-refractivity contribution is 0.263. The zero-order chi connectivity index (χ0) is 8.97. The minimum atomic E-state index is 0.741. The van der Waals surface area contributed by atoms with Crippen LogP contribution in [0.4, 0.5) is 0 Å². The molecule has 1 saturated carbocycles. The van der Waals surface area contributed by atoms with Crippen LogP contribution in [-0.2, 0) is 0 Å². The summed E-state index contributed by atoms with van der Waals surface area (Å²) in [6.07, 6.45) is 7.29. The van der Waals surface area contributed by atoms with Crippen molar-refractivity contribution in [2.45, 2.75) is 52.0 Å². The third-order valence-corrected chi connectivity index (χ3v) is 3.29. The lowest BCUT2D eigenvalue weighted by Gasteiger charge is -2.28. The van der Waals surface area contributed by atoms with E-state index >= 15 is 0 Å². The summed E-state index contributed by atoms with van der Waals surface area (Å²) in [6.45, 7) is 4.61. The van der Waals surface area contributed by atoms with Crippen molar-refractivity contribution in [1.82, 2.24) is 5.32 Å². The van der Waals surface area contributed by atoms with E-state index < -0.39 is 0 Å². The van der Waals surface area contributed by atoms with E-state index in [9.17, 15) is 0 Å². The van der Waals surface area contributed by atoms with E-state index in [1.165, 1.54) is 32.1 Å². The van der Waals surface area contributed by atoms with Crippen molar-refractivity contribution in [3.8, 4) is 0 Å². The number of rotatable bonds is 5. The Labute approximate surface area is 76.9 Å². The summed E-state index contributed by atoms with van der Waals surface area (Å²) in [5, 5.41) is 3.41. The molecule has 0 aromatic heterocycles. The van der Waals surface area contributed by atoms with Crippen LogP contribution >= 0.6 is 0 Å². The third kappa shape index (κ3) is 2.78. The molecule has 12 heavy (non-hydrogen) atoms. The Kier molecular flexibility index (Phi) is 4.07. The molecule has 0 spiro atoms. The van der Waals surface area contributed by atoms with Crippen LogP contribution in [0.3, 0.4) is 0 Å². The molecule has 0 heterocycles. The Morgan fingerprint density at radius 1 is 1.33 bits per heavy atom. The van der Waals surface area contributed by atoms with Gasteiger partial charge >= 0.3 is 0 Å². The standard InChI is InChI=1S/C11H23N/c1-9(2)11(12-3)8-7-10-5-4-6-10/h9-12H,4-8H2,1-3H3. The second-order valence-corrected chi connectivity index (χ2v) is 4.51. The summed E-state index contributed by atoms with van der Waals surface area (Å²) in [4.78, 5) is 0. The molecule has 0 saturated heterocycles. The quantitative estimate of drug-likeness (QED) is 0.667. The van der Waals surface area contributed by atoms with Crippen molar-refractivity contribution < 1.29 is 0 Å². The molecular weight excluding hydrogens is 146 g/mol. The molecule has 0 aromatic rings. The molecule has 1 nitrogen and oxygen atoms in total. The van der Waals surface area contributed by atoms with Crippen LogP contribution in [0.1, 0.15) is 46.0 Å². The van der Waals surface area contributed by atoms with Gasteiger partial charge in [-0.3, -0.25) is 0 Å². The number of hydrogen-bond donors (Lipinski definition) is 1. The fourth-order valence-corrected chi connectivity index (χ4v) is 2.01. The second-order valence-electron chi connectivity index (χ2n) is 4.51. The zero-order valence-corrected chi connectivity index (χ0v) is 8.77. The predicted molar refractivity (Wildman–Crippen MR) is 54.3 cm³/mol. The molecule has 1 heteroatoms. The van der Waals surface area contributed by atoms with E-state index in [0.717, 1.165) is 17.9 Å². The van der Waals surface area contributed by atoms with Crippen molar-refractivity contribution in [2.75, 3.05) is 7.05 Å². The van der Waals surface area contributed by atoms with Gasteiger partial charge < -0.3 is 5.32 Å². The van der Waals surface area contributed by atoms with Crippen molar-refractivity contribution in [3.63, 3.8) is 0 Å². The molecule has 1 atom stereocenters. The molecule has 72 valence electrons. The van der Waals surface area contributed by atoms with Gasteiger partial charge in [0.2, 0.25) is 0 Å². The summed E-state index contributed by atoms with van der Waals surface area (Å²) in [6, 6.07) is 0.741. The van der Waals surface area contributed by atoms with Gasteiger partial charge in [0.05, 0.1) is 0 Å². The molecule has 0 amide bonds. The number of nitrogens with one attached hydrogen (secondary N) is 1. The van der Waals surface area contributed by atoms with Crippen LogP contribution in [0, 0.1) is 11.8 Å². The van der Waals surface area contributed by atoms with E-state index in [-0.39, 0.29) is 0 Å². The Morgan fingerprint density at radius 3 is 2.33 bits per heavy atom. The summed E-state index contributed by atoms with van der Waals surface area (Å²) in [7, 11) is 2.09. The van der Waals surface area contributed by atoms with Gasteiger partial charge in [0.15, 0.2) is 0 Å². The summed E-state index contributed by atoms with van der Waals surface area (Å²) >= 11 is 0. The molecule has 0 aliphatic heterocycles. The van der Waals surface area contributed by atoms with E-state index in [4.69, 9.17) is 0 Å². The smallest absolute Gasteiger partial charge is 0.00871 e. The van der Waals surface area contributed by atoms with Gasteiger partial charge in [-0.2, -0.15) is 0 Å². The Balaban J connectivity index is 2.09. The highest BCUT2D eigenvalue weighted by atomic mass is 14.9. The second kappa shape index (κ2) is 4.86. The molecule has 1 N–H and O–H groups in total. The van der Waals surface area contributed by atoms with Crippen molar-refractivity contribution in [3.05, 3.63) is 0 Å². The maximum Gasteiger partial charge on any atom is 0.00871 e. The van der Waals surface area contributed by atoms with Crippen LogP contribution in [0.25, 0.3) is 0 Å². The van der Waals surface area contributed by atoms with Gasteiger partial charge in [-0.25, -0.2) is 0 Å².